The van der Waals surface area contributed by atoms with Crippen molar-refractivity contribution >= 4 is 0 Å². The van der Waals surface area contributed by atoms with Crippen LogP contribution in [0.3, 0.4) is 0 Å². The normalized spacial score (nSPS) is 14.6. The van der Waals surface area contributed by atoms with E-state index in [2.05, 4.69) is 86.6 Å². The van der Waals surface area contributed by atoms with Gasteiger partial charge in [-0.1, -0.05) is 78.4 Å². The third-order valence-electron chi connectivity index (χ3n) is 4.85. The van der Waals surface area contributed by atoms with Crippen LogP contribution in [0, 0.1) is 6.92 Å². The fraction of sp³-hybridized carbons (Fsp3) is 0.143. The maximum atomic E-state index is 2.35. The van der Waals surface area contributed by atoms with Crippen LogP contribution in [0.2, 0.25) is 0 Å². The summed E-state index contributed by atoms with van der Waals surface area (Å²) < 4.78 is 0. The lowest BCUT2D eigenvalue weighted by atomic mass is 9.74. The van der Waals surface area contributed by atoms with Crippen LogP contribution >= 0.6 is 0 Å². The minimum Gasteiger partial charge on any atom is -0.0619 e. The fourth-order valence-corrected chi connectivity index (χ4v) is 3.65. The van der Waals surface area contributed by atoms with Gasteiger partial charge in [-0.25, -0.2) is 0 Å². The standard InChI is InChI=1S/C21H18/c1-15-11-13-16(14-12-15)21(2)19-9-5-3-7-17(19)18-8-4-6-10-20(18)21/h3-14H,1-2H3. The van der Waals surface area contributed by atoms with E-state index < -0.39 is 0 Å². The molecule has 3 aromatic rings. The highest BCUT2D eigenvalue weighted by molar-refractivity contribution is 5.83. The second kappa shape index (κ2) is 4.33. The Hall–Kier alpha value is -2.34. The van der Waals surface area contributed by atoms with Crippen molar-refractivity contribution in [3.05, 3.63) is 95.1 Å². The van der Waals surface area contributed by atoms with E-state index >= 15 is 0 Å². The Morgan fingerprint density at radius 2 is 1.10 bits per heavy atom. The van der Waals surface area contributed by atoms with Gasteiger partial charge >= 0.3 is 0 Å². The molecule has 0 radical (unpaired) electrons. The van der Waals surface area contributed by atoms with E-state index in [4.69, 9.17) is 0 Å². The molecule has 0 heteroatoms. The molecule has 3 aromatic carbocycles. The van der Waals surface area contributed by atoms with Crippen LogP contribution in [0.4, 0.5) is 0 Å². The molecule has 21 heavy (non-hydrogen) atoms. The van der Waals surface area contributed by atoms with Gasteiger partial charge in [0.15, 0.2) is 0 Å². The molecule has 0 heterocycles. The van der Waals surface area contributed by atoms with Crippen molar-refractivity contribution in [2.45, 2.75) is 19.3 Å². The fourth-order valence-electron chi connectivity index (χ4n) is 3.65. The first-order valence-electron chi connectivity index (χ1n) is 7.48. The summed E-state index contributed by atoms with van der Waals surface area (Å²) in [6.45, 7) is 4.49. The van der Waals surface area contributed by atoms with Crippen molar-refractivity contribution in [1.29, 1.82) is 0 Å². The molecule has 1 aliphatic carbocycles. The number of hydrogen-bond acceptors (Lipinski definition) is 0. The zero-order valence-corrected chi connectivity index (χ0v) is 12.4. The first kappa shape index (κ1) is 12.4. The zero-order chi connectivity index (χ0) is 14.4. The van der Waals surface area contributed by atoms with Crippen LogP contribution in [-0.4, -0.2) is 0 Å². The van der Waals surface area contributed by atoms with Gasteiger partial charge in [0.2, 0.25) is 0 Å². The van der Waals surface area contributed by atoms with Crippen LogP contribution in [-0.2, 0) is 5.41 Å². The maximum absolute atomic E-state index is 2.35. The summed E-state index contributed by atoms with van der Waals surface area (Å²) in [5, 5.41) is 0. The van der Waals surface area contributed by atoms with E-state index in [1.807, 2.05) is 0 Å². The van der Waals surface area contributed by atoms with Gasteiger partial charge in [0.1, 0.15) is 0 Å². The summed E-state index contributed by atoms with van der Waals surface area (Å²) in [5.41, 5.74) is 8.19. The van der Waals surface area contributed by atoms with Crippen LogP contribution in [0.5, 0.6) is 0 Å². The highest BCUT2D eigenvalue weighted by atomic mass is 14.4. The first-order valence-corrected chi connectivity index (χ1v) is 7.48. The third-order valence-corrected chi connectivity index (χ3v) is 4.85. The number of aryl methyl sites for hydroxylation is 1. The molecule has 0 aliphatic heterocycles. The Labute approximate surface area is 126 Å². The van der Waals surface area contributed by atoms with Gasteiger partial charge in [-0.05, 0) is 41.7 Å². The second-order valence-electron chi connectivity index (χ2n) is 6.08. The molecule has 4 rings (SSSR count). The van der Waals surface area contributed by atoms with Crippen LogP contribution < -0.4 is 0 Å². The quantitative estimate of drug-likeness (QED) is 0.560. The van der Waals surface area contributed by atoms with Crippen molar-refractivity contribution < 1.29 is 0 Å². The molecule has 0 amide bonds. The number of benzene rings is 3. The molecule has 0 aromatic heterocycles. The van der Waals surface area contributed by atoms with Crippen LogP contribution in [0.15, 0.2) is 72.8 Å². The lowest BCUT2D eigenvalue weighted by molar-refractivity contribution is 0.713. The molecule has 102 valence electrons. The Kier molecular flexibility index (Phi) is 2.56. The smallest absolute Gasteiger partial charge is 0.0435 e. The lowest BCUT2D eigenvalue weighted by Crippen LogP contribution is -2.22. The molecule has 0 fully saturated rings. The molecular weight excluding hydrogens is 252 g/mol. The van der Waals surface area contributed by atoms with Gasteiger partial charge in [-0.3, -0.25) is 0 Å². The van der Waals surface area contributed by atoms with E-state index in [1.54, 1.807) is 0 Å². The van der Waals surface area contributed by atoms with Gasteiger partial charge in [-0.15, -0.1) is 0 Å². The maximum Gasteiger partial charge on any atom is 0.0435 e. The van der Waals surface area contributed by atoms with Gasteiger partial charge in [0, 0.05) is 5.41 Å². The Morgan fingerprint density at radius 3 is 1.62 bits per heavy atom. The largest absolute Gasteiger partial charge is 0.0619 e. The summed E-state index contributed by atoms with van der Waals surface area (Å²) in [6, 6.07) is 26.6. The first-order chi connectivity index (χ1) is 10.2. The van der Waals surface area contributed by atoms with E-state index in [0.29, 0.717) is 0 Å². The SMILES string of the molecule is Cc1ccc(C2(C)c3ccccc3-c3ccccc32)cc1. The Morgan fingerprint density at radius 1 is 0.619 bits per heavy atom. The van der Waals surface area contributed by atoms with Crippen LogP contribution in [0.1, 0.15) is 29.2 Å². The second-order valence-corrected chi connectivity index (χ2v) is 6.08. The highest BCUT2D eigenvalue weighted by Crippen LogP contribution is 2.51. The van der Waals surface area contributed by atoms with Crippen molar-refractivity contribution in [3.63, 3.8) is 0 Å². The third kappa shape index (κ3) is 1.62. The monoisotopic (exact) mass is 270 g/mol. The molecule has 0 saturated carbocycles. The minimum absolute atomic E-state index is 0.0547. The summed E-state index contributed by atoms with van der Waals surface area (Å²) in [7, 11) is 0. The lowest BCUT2D eigenvalue weighted by Gasteiger charge is -2.28. The predicted octanol–water partition coefficient (Wildman–Crippen LogP) is 5.33. The number of hydrogen-bond donors (Lipinski definition) is 0. The minimum atomic E-state index is -0.0547. The molecule has 0 atom stereocenters. The predicted molar refractivity (Wildman–Crippen MR) is 88.6 cm³/mol. The van der Waals surface area contributed by atoms with Crippen molar-refractivity contribution in [1.82, 2.24) is 0 Å². The summed E-state index contributed by atoms with van der Waals surface area (Å²) >= 11 is 0. The van der Waals surface area contributed by atoms with E-state index in [-0.39, 0.29) is 5.41 Å². The molecular formula is C21H18. The van der Waals surface area contributed by atoms with Crippen LogP contribution in [0.25, 0.3) is 11.1 Å². The zero-order valence-electron chi connectivity index (χ0n) is 12.4. The molecule has 1 aliphatic rings. The van der Waals surface area contributed by atoms with E-state index in [9.17, 15) is 0 Å². The number of fused-ring (bicyclic) bond motifs is 3. The molecule has 0 saturated heterocycles. The Bertz CT molecular complexity index is 764. The average Bonchev–Trinajstić information content (AvgIpc) is 2.80. The van der Waals surface area contributed by atoms with Gasteiger partial charge in [-0.2, -0.15) is 0 Å². The van der Waals surface area contributed by atoms with Gasteiger partial charge < -0.3 is 0 Å². The molecule has 0 N–H and O–H groups in total. The van der Waals surface area contributed by atoms with Gasteiger partial charge in [0.25, 0.3) is 0 Å². The topological polar surface area (TPSA) is 0 Å². The molecule has 0 unspecified atom stereocenters. The Balaban J connectivity index is 2.06. The number of rotatable bonds is 1. The summed E-state index contributed by atoms with van der Waals surface area (Å²) in [4.78, 5) is 0. The highest BCUT2D eigenvalue weighted by Gasteiger charge is 2.40. The molecule has 0 spiro atoms. The van der Waals surface area contributed by atoms with Crippen molar-refractivity contribution in [2.75, 3.05) is 0 Å². The molecule has 0 nitrogen and oxygen atoms in total. The van der Waals surface area contributed by atoms with Gasteiger partial charge in [0.05, 0.1) is 0 Å². The summed E-state index contributed by atoms with van der Waals surface area (Å²) in [5.74, 6) is 0. The van der Waals surface area contributed by atoms with Crippen molar-refractivity contribution in [2.24, 2.45) is 0 Å². The average molecular weight is 270 g/mol. The van der Waals surface area contributed by atoms with E-state index in [1.165, 1.54) is 33.4 Å². The van der Waals surface area contributed by atoms with Crippen molar-refractivity contribution in [3.8, 4) is 11.1 Å². The summed E-state index contributed by atoms with van der Waals surface area (Å²) in [6.07, 6.45) is 0. The molecule has 0 bridgehead atoms. The van der Waals surface area contributed by atoms with E-state index in [0.717, 1.165) is 0 Å².